The lowest BCUT2D eigenvalue weighted by Crippen LogP contribution is -2.17. The van der Waals surface area contributed by atoms with E-state index in [1.807, 2.05) is 19.1 Å². The summed E-state index contributed by atoms with van der Waals surface area (Å²) in [6.07, 6.45) is 0.568. The molecule has 0 fully saturated rings. The number of aliphatic carboxylic acids is 1. The average molecular weight is 315 g/mol. The largest absolute Gasteiger partial charge is 0.481 e. The molecule has 0 heterocycles. The Hall–Kier alpha value is -2.20. The van der Waals surface area contributed by atoms with Crippen LogP contribution in [0.1, 0.15) is 41.6 Å². The van der Waals surface area contributed by atoms with Crippen LogP contribution in [0.25, 0.3) is 11.1 Å². The Morgan fingerprint density at radius 3 is 2.57 bits per heavy atom. The molecule has 0 amide bonds. The van der Waals surface area contributed by atoms with Gasteiger partial charge in [0.2, 0.25) is 0 Å². The summed E-state index contributed by atoms with van der Waals surface area (Å²) in [6, 6.07) is 8.71. The van der Waals surface area contributed by atoms with Crippen LogP contribution in [-0.4, -0.2) is 11.1 Å². The highest BCUT2D eigenvalue weighted by atomic mass is 19.1. The molecule has 0 aliphatic carbocycles. The van der Waals surface area contributed by atoms with Crippen molar-refractivity contribution < 1.29 is 14.3 Å². The Kier molecular flexibility index (Phi) is 5.16. The van der Waals surface area contributed by atoms with Crippen LogP contribution in [0.2, 0.25) is 0 Å². The number of nitrogens with two attached hydrogens (primary N) is 1. The molecule has 1 unspecified atom stereocenters. The summed E-state index contributed by atoms with van der Waals surface area (Å²) >= 11 is 0. The fourth-order valence-corrected chi connectivity index (χ4v) is 2.95. The van der Waals surface area contributed by atoms with Crippen molar-refractivity contribution >= 4 is 5.97 Å². The second kappa shape index (κ2) is 6.92. The van der Waals surface area contributed by atoms with E-state index in [1.165, 1.54) is 5.56 Å². The van der Waals surface area contributed by atoms with Crippen LogP contribution in [0.3, 0.4) is 0 Å². The summed E-state index contributed by atoms with van der Waals surface area (Å²) in [6.45, 7) is 5.77. The van der Waals surface area contributed by atoms with Gasteiger partial charge in [0.05, 0.1) is 6.42 Å². The van der Waals surface area contributed by atoms with E-state index >= 15 is 0 Å². The van der Waals surface area contributed by atoms with Gasteiger partial charge in [-0.15, -0.1) is 0 Å². The zero-order chi connectivity index (χ0) is 17.1. The van der Waals surface area contributed by atoms with Crippen molar-refractivity contribution in [2.75, 3.05) is 0 Å². The number of halogens is 1. The quantitative estimate of drug-likeness (QED) is 0.871. The molecule has 1 atom stereocenters. The first-order chi connectivity index (χ1) is 10.8. The van der Waals surface area contributed by atoms with E-state index in [2.05, 4.69) is 13.0 Å². The first-order valence-electron chi connectivity index (χ1n) is 7.71. The molecule has 0 aliphatic rings. The number of aryl methyl sites for hydroxylation is 3. The topological polar surface area (TPSA) is 63.3 Å². The van der Waals surface area contributed by atoms with Crippen molar-refractivity contribution in [1.82, 2.24) is 0 Å². The van der Waals surface area contributed by atoms with Gasteiger partial charge >= 0.3 is 5.97 Å². The van der Waals surface area contributed by atoms with Gasteiger partial charge in [-0.2, -0.15) is 0 Å². The summed E-state index contributed by atoms with van der Waals surface area (Å²) in [5.74, 6) is -1.46. The highest BCUT2D eigenvalue weighted by molar-refractivity contribution is 5.73. The van der Waals surface area contributed by atoms with Crippen LogP contribution < -0.4 is 5.73 Å². The molecule has 0 spiro atoms. The van der Waals surface area contributed by atoms with Gasteiger partial charge < -0.3 is 10.8 Å². The summed E-state index contributed by atoms with van der Waals surface area (Å²) < 4.78 is 14.4. The first-order valence-corrected chi connectivity index (χ1v) is 7.71. The average Bonchev–Trinajstić information content (AvgIpc) is 2.48. The van der Waals surface area contributed by atoms with E-state index in [4.69, 9.17) is 10.8 Å². The molecular formula is C19H22FNO2. The van der Waals surface area contributed by atoms with E-state index in [1.54, 1.807) is 19.1 Å². The SMILES string of the molecule is CCc1cccc(C)c1-c1cc(C)c(F)c(C(N)CC(=O)O)c1. The van der Waals surface area contributed by atoms with Crippen molar-refractivity contribution in [2.24, 2.45) is 5.73 Å². The minimum absolute atomic E-state index is 0.257. The number of carbonyl (C=O) groups is 1. The lowest BCUT2D eigenvalue weighted by Gasteiger charge is -2.17. The second-order valence-corrected chi connectivity index (χ2v) is 5.86. The Bertz CT molecular complexity index is 740. The molecule has 4 heteroatoms. The number of rotatable bonds is 5. The third-order valence-electron chi connectivity index (χ3n) is 4.11. The van der Waals surface area contributed by atoms with Crippen LogP contribution in [0.5, 0.6) is 0 Å². The first kappa shape index (κ1) is 17.2. The van der Waals surface area contributed by atoms with Gasteiger partial charge in [0.15, 0.2) is 0 Å². The lowest BCUT2D eigenvalue weighted by atomic mass is 9.89. The molecule has 0 radical (unpaired) electrons. The third kappa shape index (κ3) is 3.59. The fourth-order valence-electron chi connectivity index (χ4n) is 2.95. The number of carboxylic acids is 1. The third-order valence-corrected chi connectivity index (χ3v) is 4.11. The minimum Gasteiger partial charge on any atom is -0.481 e. The van der Waals surface area contributed by atoms with Crippen molar-refractivity contribution in [1.29, 1.82) is 0 Å². The zero-order valence-corrected chi connectivity index (χ0v) is 13.7. The van der Waals surface area contributed by atoms with Crippen molar-refractivity contribution in [2.45, 2.75) is 39.7 Å². The Labute approximate surface area is 136 Å². The molecule has 3 N–H and O–H groups in total. The number of benzene rings is 2. The Balaban J connectivity index is 2.62. The number of hydrogen-bond acceptors (Lipinski definition) is 2. The van der Waals surface area contributed by atoms with Gasteiger partial charge in [-0.1, -0.05) is 25.1 Å². The van der Waals surface area contributed by atoms with E-state index in [0.29, 0.717) is 5.56 Å². The molecule has 0 saturated heterocycles. The Morgan fingerprint density at radius 1 is 1.26 bits per heavy atom. The zero-order valence-electron chi connectivity index (χ0n) is 13.7. The molecule has 0 aliphatic heterocycles. The number of carboxylic acid groups (broad SMARTS) is 1. The number of hydrogen-bond donors (Lipinski definition) is 2. The van der Waals surface area contributed by atoms with Gasteiger partial charge in [0.25, 0.3) is 0 Å². The van der Waals surface area contributed by atoms with Gasteiger partial charge in [-0.3, -0.25) is 4.79 Å². The molecule has 2 aromatic rings. The normalized spacial score (nSPS) is 12.2. The van der Waals surface area contributed by atoms with Crippen LogP contribution in [0.4, 0.5) is 4.39 Å². The molecule has 2 rings (SSSR count). The predicted octanol–water partition coefficient (Wildman–Crippen LogP) is 4.15. The molecule has 23 heavy (non-hydrogen) atoms. The molecular weight excluding hydrogens is 293 g/mol. The predicted molar refractivity (Wildman–Crippen MR) is 89.9 cm³/mol. The van der Waals surface area contributed by atoms with Crippen molar-refractivity contribution in [3.05, 3.63) is 58.4 Å². The maximum atomic E-state index is 14.4. The summed E-state index contributed by atoms with van der Waals surface area (Å²) in [5, 5.41) is 8.92. The second-order valence-electron chi connectivity index (χ2n) is 5.86. The smallest absolute Gasteiger partial charge is 0.305 e. The van der Waals surface area contributed by atoms with E-state index < -0.39 is 17.8 Å². The van der Waals surface area contributed by atoms with Gasteiger partial charge in [0, 0.05) is 11.6 Å². The molecule has 0 bridgehead atoms. The van der Waals surface area contributed by atoms with Crippen LogP contribution >= 0.6 is 0 Å². The lowest BCUT2D eigenvalue weighted by molar-refractivity contribution is -0.137. The molecule has 2 aromatic carbocycles. The maximum absolute atomic E-state index is 14.4. The van der Waals surface area contributed by atoms with Crippen molar-refractivity contribution in [3.63, 3.8) is 0 Å². The fraction of sp³-hybridized carbons (Fsp3) is 0.316. The van der Waals surface area contributed by atoms with E-state index in [9.17, 15) is 9.18 Å². The van der Waals surface area contributed by atoms with Crippen LogP contribution in [0, 0.1) is 19.7 Å². The van der Waals surface area contributed by atoms with Gasteiger partial charge in [-0.05, 0) is 60.2 Å². The minimum atomic E-state index is -1.04. The summed E-state index contributed by atoms with van der Waals surface area (Å²) in [4.78, 5) is 10.9. The molecule has 0 saturated carbocycles. The highest BCUT2D eigenvalue weighted by Gasteiger charge is 2.19. The summed E-state index contributed by atoms with van der Waals surface area (Å²) in [5.41, 5.74) is 10.9. The maximum Gasteiger partial charge on any atom is 0.305 e. The van der Waals surface area contributed by atoms with Gasteiger partial charge in [0.1, 0.15) is 5.82 Å². The van der Waals surface area contributed by atoms with Crippen LogP contribution in [-0.2, 0) is 11.2 Å². The summed E-state index contributed by atoms with van der Waals surface area (Å²) in [7, 11) is 0. The molecule has 0 aromatic heterocycles. The Morgan fingerprint density at radius 2 is 1.96 bits per heavy atom. The monoisotopic (exact) mass is 315 g/mol. The van der Waals surface area contributed by atoms with Crippen LogP contribution in [0.15, 0.2) is 30.3 Å². The molecule has 3 nitrogen and oxygen atoms in total. The van der Waals surface area contributed by atoms with Crippen molar-refractivity contribution in [3.8, 4) is 11.1 Å². The van der Waals surface area contributed by atoms with Gasteiger partial charge in [-0.25, -0.2) is 4.39 Å². The van der Waals surface area contributed by atoms with E-state index in [0.717, 1.165) is 23.1 Å². The standard InChI is InChI=1S/C19H22FNO2/c1-4-13-7-5-6-11(2)18(13)14-8-12(3)19(20)15(9-14)16(21)10-17(22)23/h5-9,16H,4,10,21H2,1-3H3,(H,22,23). The van der Waals surface area contributed by atoms with E-state index in [-0.39, 0.29) is 12.0 Å². The highest BCUT2D eigenvalue weighted by Crippen LogP contribution is 2.32. The molecule has 122 valence electrons.